The largest absolute Gasteiger partial charge is 0.370 e. The number of amides is 2. The second-order valence-corrected chi connectivity index (χ2v) is 12.5. The number of carbonyl (C=O) groups excluding carboxylic acids is 1. The number of aromatic nitrogens is 3. The predicted molar refractivity (Wildman–Crippen MR) is 144 cm³/mol. The zero-order chi connectivity index (χ0) is 24.5. The van der Waals surface area contributed by atoms with Gasteiger partial charge >= 0.3 is 6.03 Å². The number of rotatable bonds is 8. The fraction of sp³-hybridized carbons (Fsp3) is 0.519. The van der Waals surface area contributed by atoms with Crippen LogP contribution in [0.25, 0.3) is 16.9 Å². The molecule has 3 aromatic rings. The number of hydrogen-bond acceptors (Lipinski definition) is 4. The molecule has 5 bridgehead atoms. The molecule has 1 aromatic carbocycles. The molecule has 2 amide bonds. The number of nitrogens with one attached hydrogen (secondary N) is 3. The lowest BCUT2D eigenvalue weighted by molar-refractivity contribution is -0.305. The fourth-order valence-corrected chi connectivity index (χ4v) is 8.80. The molecule has 7 fully saturated rings. The van der Waals surface area contributed by atoms with E-state index in [2.05, 4.69) is 37.0 Å². The van der Waals surface area contributed by atoms with E-state index < -0.39 is 0 Å². The molecule has 2 aromatic heterocycles. The molecule has 0 radical (unpaired) electrons. The van der Waals surface area contributed by atoms with E-state index in [-0.39, 0.29) is 11.6 Å². The maximum absolute atomic E-state index is 12.8. The van der Waals surface area contributed by atoms with Crippen molar-refractivity contribution in [2.45, 2.75) is 50.5 Å². The van der Waals surface area contributed by atoms with Crippen molar-refractivity contribution in [3.05, 3.63) is 46.0 Å². The Morgan fingerprint density at radius 3 is 2.69 bits per heavy atom. The average Bonchev–Trinajstić information content (AvgIpc) is 3.24. The molecule has 7 aliphatic carbocycles. The van der Waals surface area contributed by atoms with Crippen LogP contribution in [-0.4, -0.2) is 39.3 Å². The lowest BCUT2D eigenvalue weighted by Crippen LogP contribution is -2.88. The molecule has 7 saturated carbocycles. The molecule has 7 aliphatic rings. The summed E-state index contributed by atoms with van der Waals surface area (Å²) >= 11 is 9.98. The van der Waals surface area contributed by atoms with Crippen LogP contribution in [0.4, 0.5) is 10.6 Å². The molecule has 2 heterocycles. The Hall–Kier alpha value is -2.32. The molecule has 1 spiro atoms. The quantitative estimate of drug-likeness (QED) is 0.296. The first-order valence-corrected chi connectivity index (χ1v) is 14.3. The van der Waals surface area contributed by atoms with Crippen molar-refractivity contribution in [1.82, 2.24) is 25.2 Å². The normalized spacial score (nSPS) is 31.0. The first kappa shape index (κ1) is 22.8. The second-order valence-electron chi connectivity index (χ2n) is 11.2. The third-order valence-electron chi connectivity index (χ3n) is 9.45. The van der Waals surface area contributed by atoms with Crippen LogP contribution in [0.15, 0.2) is 41.0 Å². The van der Waals surface area contributed by atoms with Gasteiger partial charge in [-0.05, 0) is 90.1 Å². The Morgan fingerprint density at radius 1 is 1.14 bits per heavy atom. The zero-order valence-electron chi connectivity index (χ0n) is 20.1. The second kappa shape index (κ2) is 8.35. The highest BCUT2D eigenvalue weighted by Crippen LogP contribution is 2.81. The summed E-state index contributed by atoms with van der Waals surface area (Å²) in [6.07, 6.45) is 10.3. The summed E-state index contributed by atoms with van der Waals surface area (Å²) in [7, 11) is 0. The molecule has 0 aliphatic heterocycles. The van der Waals surface area contributed by atoms with Crippen molar-refractivity contribution in [3.8, 4) is 11.3 Å². The van der Waals surface area contributed by atoms with Crippen molar-refractivity contribution in [2.75, 3.05) is 18.4 Å². The summed E-state index contributed by atoms with van der Waals surface area (Å²) in [6.45, 7) is 1.44. The number of hydrogen-bond donors (Lipinski definition) is 3. The minimum Gasteiger partial charge on any atom is -0.370 e. The van der Waals surface area contributed by atoms with Crippen LogP contribution in [0, 0.1) is 23.2 Å². The number of benzene rings is 1. The molecule has 3 unspecified atom stereocenters. The van der Waals surface area contributed by atoms with Gasteiger partial charge in [0.25, 0.3) is 0 Å². The summed E-state index contributed by atoms with van der Waals surface area (Å²) in [4.78, 5) is 17.5. The molecule has 5 atom stereocenters. The highest BCUT2D eigenvalue weighted by molar-refractivity contribution is 9.10. The Balaban J connectivity index is 0.936. The van der Waals surface area contributed by atoms with Gasteiger partial charge in [-0.2, -0.15) is 9.61 Å². The molecule has 9 heteroatoms. The van der Waals surface area contributed by atoms with Crippen molar-refractivity contribution >= 4 is 45.0 Å². The fourth-order valence-electron chi connectivity index (χ4n) is 8.22. The number of carbonyl (C=O) groups is 1. The number of nitrogens with zero attached hydrogens (tertiary/aromatic N) is 3. The summed E-state index contributed by atoms with van der Waals surface area (Å²) in [5, 5.41) is 15.2. The topological polar surface area (TPSA) is 83.3 Å². The van der Waals surface area contributed by atoms with E-state index in [1.165, 1.54) is 32.1 Å². The van der Waals surface area contributed by atoms with Gasteiger partial charge in [-0.25, -0.2) is 9.78 Å². The summed E-state index contributed by atoms with van der Waals surface area (Å²) in [5.41, 5.74) is 3.00. The zero-order valence-corrected chi connectivity index (χ0v) is 22.4. The van der Waals surface area contributed by atoms with E-state index in [0.29, 0.717) is 17.0 Å². The Bertz CT molecular complexity index is 1340. The van der Waals surface area contributed by atoms with E-state index in [4.69, 9.17) is 16.6 Å². The van der Waals surface area contributed by atoms with E-state index in [1.54, 1.807) is 10.7 Å². The molecule has 36 heavy (non-hydrogen) atoms. The maximum atomic E-state index is 12.8. The molecule has 7 nitrogen and oxygen atoms in total. The Kier molecular flexibility index (Phi) is 5.30. The van der Waals surface area contributed by atoms with E-state index in [1.807, 2.05) is 30.3 Å². The molecular weight excluding hydrogens is 540 g/mol. The van der Waals surface area contributed by atoms with E-state index in [9.17, 15) is 4.79 Å². The Morgan fingerprint density at radius 2 is 1.92 bits per heavy atom. The van der Waals surface area contributed by atoms with Gasteiger partial charge in [0.1, 0.15) is 5.82 Å². The van der Waals surface area contributed by atoms with Gasteiger partial charge in [-0.15, -0.1) is 0 Å². The third-order valence-corrected chi connectivity index (χ3v) is 10.3. The van der Waals surface area contributed by atoms with Gasteiger partial charge in [-0.3, -0.25) is 0 Å². The SMILES string of the molecule is O=C(NCCCCNc1cc(-c2ccccc2Cl)nc2c(Br)cnn12)NC12[C@@H]3CC4C[C@H]1CC2(C4)C3. The highest BCUT2D eigenvalue weighted by Gasteiger charge is 2.81. The van der Waals surface area contributed by atoms with Crippen LogP contribution in [-0.2, 0) is 0 Å². The predicted octanol–water partition coefficient (Wildman–Crippen LogP) is 5.88. The van der Waals surface area contributed by atoms with Gasteiger partial charge in [0.05, 0.1) is 21.9 Å². The van der Waals surface area contributed by atoms with Gasteiger partial charge < -0.3 is 16.0 Å². The lowest BCUT2D eigenvalue weighted by Gasteiger charge is -2.84. The number of urea groups is 1. The Labute approximate surface area is 223 Å². The van der Waals surface area contributed by atoms with Crippen LogP contribution in [0.1, 0.15) is 44.9 Å². The van der Waals surface area contributed by atoms with Crippen LogP contribution in [0.5, 0.6) is 0 Å². The number of unbranched alkanes of at least 4 members (excludes halogenated alkanes) is 1. The summed E-state index contributed by atoms with van der Waals surface area (Å²) in [6, 6.07) is 9.72. The molecule has 10 rings (SSSR count). The first-order chi connectivity index (χ1) is 17.5. The van der Waals surface area contributed by atoms with Gasteiger partial charge in [0, 0.05) is 29.7 Å². The van der Waals surface area contributed by atoms with Crippen LogP contribution < -0.4 is 16.0 Å². The standard InChI is InChI=1S/C27H30BrClN6O/c28-20-15-32-35-23(11-22(33-24(20)35)19-5-1-2-6-21(19)29)30-7-3-4-8-31-25(36)34-27-17-9-16-10-18(27)14-26(27,12-16)13-17/h1-2,5-6,11,15-18,30H,3-4,7-10,12-14H2,(H2,31,34,36)/t16?,17-,18+,26?,27?. The van der Waals surface area contributed by atoms with Crippen LogP contribution in [0.2, 0.25) is 5.02 Å². The monoisotopic (exact) mass is 568 g/mol. The van der Waals surface area contributed by atoms with Crippen molar-refractivity contribution in [1.29, 1.82) is 0 Å². The molecule has 188 valence electrons. The highest BCUT2D eigenvalue weighted by atomic mass is 79.9. The number of fused-ring (bicyclic) bond motifs is 1. The van der Waals surface area contributed by atoms with Gasteiger partial charge in [0.15, 0.2) is 5.65 Å². The van der Waals surface area contributed by atoms with Crippen molar-refractivity contribution < 1.29 is 4.79 Å². The lowest BCUT2D eigenvalue weighted by atomic mass is 9.24. The van der Waals surface area contributed by atoms with E-state index in [0.717, 1.165) is 64.3 Å². The summed E-state index contributed by atoms with van der Waals surface area (Å²) in [5.74, 6) is 3.26. The number of anilines is 1. The average molecular weight is 570 g/mol. The van der Waals surface area contributed by atoms with Crippen molar-refractivity contribution in [3.63, 3.8) is 0 Å². The first-order valence-electron chi connectivity index (χ1n) is 13.1. The minimum atomic E-state index is 0.0312. The number of halogens is 2. The van der Waals surface area contributed by atoms with Crippen molar-refractivity contribution in [2.24, 2.45) is 23.2 Å². The van der Waals surface area contributed by atoms with Crippen LogP contribution >= 0.6 is 27.5 Å². The molecule has 3 N–H and O–H groups in total. The minimum absolute atomic E-state index is 0.0312. The van der Waals surface area contributed by atoms with Crippen LogP contribution in [0.3, 0.4) is 0 Å². The summed E-state index contributed by atoms with van der Waals surface area (Å²) < 4.78 is 2.63. The molecule has 0 saturated heterocycles. The maximum Gasteiger partial charge on any atom is 0.315 e. The van der Waals surface area contributed by atoms with Gasteiger partial charge in [-0.1, -0.05) is 29.8 Å². The third kappa shape index (κ3) is 3.26. The van der Waals surface area contributed by atoms with Gasteiger partial charge in [0.2, 0.25) is 0 Å². The smallest absolute Gasteiger partial charge is 0.315 e. The molecular formula is C27H30BrClN6O. The van der Waals surface area contributed by atoms with E-state index >= 15 is 0 Å².